The van der Waals surface area contributed by atoms with E-state index >= 15 is 0 Å². The molecule has 0 bridgehead atoms. The van der Waals surface area contributed by atoms with Crippen molar-refractivity contribution in [3.8, 4) is 5.75 Å². The summed E-state index contributed by atoms with van der Waals surface area (Å²) in [6.07, 6.45) is 2.28. The van der Waals surface area contributed by atoms with Crippen LogP contribution in [-0.2, 0) is 25.8 Å². The lowest BCUT2D eigenvalue weighted by molar-refractivity contribution is -0.181. The number of carbonyl (C=O) groups is 3. The fourth-order valence-corrected chi connectivity index (χ4v) is 3.92. The van der Waals surface area contributed by atoms with Gasteiger partial charge >= 0.3 is 0 Å². The van der Waals surface area contributed by atoms with E-state index in [1.807, 2.05) is 24.3 Å². The largest absolute Gasteiger partial charge is 0.496 e. The number of ether oxygens (including phenoxy) is 1. The first kappa shape index (κ1) is 20.0. The zero-order valence-electron chi connectivity index (χ0n) is 16.6. The van der Waals surface area contributed by atoms with Gasteiger partial charge in [-0.3, -0.25) is 29.1 Å². The van der Waals surface area contributed by atoms with Crippen LogP contribution in [0.1, 0.15) is 17.2 Å². The number of rotatable bonds is 6. The molecule has 3 unspecified atom stereocenters. The minimum Gasteiger partial charge on any atom is -0.496 e. The van der Waals surface area contributed by atoms with Gasteiger partial charge in [0.2, 0.25) is 11.8 Å². The number of carbonyl (C=O) groups excluding carboxylic acids is 3. The third-order valence-corrected chi connectivity index (χ3v) is 5.43. The quantitative estimate of drug-likeness (QED) is 0.699. The molecular formula is C21H22N4O5. The number of likely N-dealkylation sites (tertiary alicyclic amines) is 1. The van der Waals surface area contributed by atoms with Gasteiger partial charge in [-0.15, -0.1) is 0 Å². The summed E-state index contributed by atoms with van der Waals surface area (Å²) in [4.78, 5) is 48.6. The Labute approximate surface area is 173 Å². The molecule has 1 aromatic heterocycles. The van der Waals surface area contributed by atoms with Gasteiger partial charge in [-0.25, -0.2) is 0 Å². The number of aromatic nitrogens is 1. The van der Waals surface area contributed by atoms with Crippen LogP contribution in [0.3, 0.4) is 0 Å². The Morgan fingerprint density at radius 1 is 1.17 bits per heavy atom. The lowest BCUT2D eigenvalue weighted by atomic mass is 9.91. The van der Waals surface area contributed by atoms with Crippen molar-refractivity contribution in [2.75, 3.05) is 20.7 Å². The number of hydrogen-bond donors (Lipinski definition) is 1. The van der Waals surface area contributed by atoms with Crippen molar-refractivity contribution in [3.05, 3.63) is 59.9 Å². The summed E-state index contributed by atoms with van der Waals surface area (Å²) in [5.74, 6) is -1.04. The van der Waals surface area contributed by atoms with Gasteiger partial charge in [0.05, 0.1) is 19.1 Å². The third-order valence-electron chi connectivity index (χ3n) is 5.43. The average molecular weight is 410 g/mol. The van der Waals surface area contributed by atoms with Crippen LogP contribution < -0.4 is 10.1 Å². The van der Waals surface area contributed by atoms with Gasteiger partial charge in [0.15, 0.2) is 6.10 Å². The van der Waals surface area contributed by atoms with Crippen LogP contribution in [0.4, 0.5) is 0 Å². The molecule has 0 radical (unpaired) electrons. The van der Waals surface area contributed by atoms with Gasteiger partial charge in [0.1, 0.15) is 12.3 Å². The highest BCUT2D eigenvalue weighted by Gasteiger charge is 2.58. The molecule has 2 saturated heterocycles. The van der Waals surface area contributed by atoms with Crippen molar-refractivity contribution in [2.45, 2.75) is 18.7 Å². The Morgan fingerprint density at radius 2 is 1.90 bits per heavy atom. The normalized spacial score (nSPS) is 23.5. The van der Waals surface area contributed by atoms with E-state index in [0.717, 1.165) is 16.0 Å². The maximum Gasteiger partial charge on any atom is 0.261 e. The molecule has 156 valence electrons. The Hall–Kier alpha value is -3.30. The van der Waals surface area contributed by atoms with Crippen molar-refractivity contribution in [1.29, 1.82) is 0 Å². The molecule has 4 rings (SSSR count). The van der Waals surface area contributed by atoms with Gasteiger partial charge in [0.25, 0.3) is 5.91 Å². The number of para-hydroxylation sites is 1. The summed E-state index contributed by atoms with van der Waals surface area (Å²) in [6.45, 7) is 0.156. The predicted octanol–water partition coefficient (Wildman–Crippen LogP) is 0.678. The van der Waals surface area contributed by atoms with E-state index in [-0.39, 0.29) is 24.9 Å². The molecule has 9 heteroatoms. The molecule has 30 heavy (non-hydrogen) atoms. The van der Waals surface area contributed by atoms with Gasteiger partial charge in [-0.2, -0.15) is 5.06 Å². The number of likely N-dealkylation sites (N-methyl/N-ethyl adjacent to an activating group) is 1. The molecular weight excluding hydrogens is 388 g/mol. The van der Waals surface area contributed by atoms with E-state index in [2.05, 4.69) is 10.3 Å². The molecule has 3 amide bonds. The van der Waals surface area contributed by atoms with Gasteiger partial charge < -0.3 is 10.1 Å². The minimum atomic E-state index is -0.928. The lowest BCUT2D eigenvalue weighted by Gasteiger charge is -2.25. The van der Waals surface area contributed by atoms with Gasteiger partial charge in [-0.1, -0.05) is 18.2 Å². The van der Waals surface area contributed by atoms with Crippen LogP contribution >= 0.6 is 0 Å². The Bertz CT molecular complexity index is 967. The van der Waals surface area contributed by atoms with Gasteiger partial charge in [-0.05, 0) is 23.8 Å². The van der Waals surface area contributed by atoms with E-state index in [4.69, 9.17) is 9.57 Å². The summed E-state index contributed by atoms with van der Waals surface area (Å²) in [5.41, 5.74) is 1.59. The molecule has 3 atom stereocenters. The van der Waals surface area contributed by atoms with E-state index in [1.165, 1.54) is 12.1 Å². The predicted molar refractivity (Wildman–Crippen MR) is 105 cm³/mol. The molecule has 9 nitrogen and oxygen atoms in total. The number of pyridine rings is 1. The fourth-order valence-electron chi connectivity index (χ4n) is 3.92. The first-order valence-electron chi connectivity index (χ1n) is 9.54. The second-order valence-corrected chi connectivity index (χ2v) is 7.18. The molecule has 0 saturated carbocycles. The Kier molecular flexibility index (Phi) is 5.47. The summed E-state index contributed by atoms with van der Waals surface area (Å²) >= 11 is 0. The van der Waals surface area contributed by atoms with Crippen LogP contribution in [0.2, 0.25) is 0 Å². The topological polar surface area (TPSA) is 101 Å². The molecule has 1 aromatic carbocycles. The molecule has 1 N–H and O–H groups in total. The van der Waals surface area contributed by atoms with Crippen LogP contribution in [0.5, 0.6) is 5.75 Å². The number of hydroxylamine groups is 2. The van der Waals surface area contributed by atoms with E-state index in [9.17, 15) is 14.4 Å². The van der Waals surface area contributed by atoms with E-state index in [0.29, 0.717) is 5.75 Å². The monoisotopic (exact) mass is 410 g/mol. The summed E-state index contributed by atoms with van der Waals surface area (Å²) in [6, 6.07) is 10.4. The second kappa shape index (κ2) is 8.21. The average Bonchev–Trinajstić information content (AvgIpc) is 3.24. The maximum atomic E-state index is 12.7. The molecule has 2 aromatic rings. The first-order valence-corrected chi connectivity index (χ1v) is 9.54. The smallest absolute Gasteiger partial charge is 0.261 e. The van der Waals surface area contributed by atoms with Crippen molar-refractivity contribution in [3.63, 3.8) is 0 Å². The number of amides is 3. The highest BCUT2D eigenvalue weighted by atomic mass is 16.7. The zero-order valence-corrected chi connectivity index (χ0v) is 16.6. The van der Waals surface area contributed by atoms with E-state index in [1.54, 1.807) is 31.6 Å². The first-order chi connectivity index (χ1) is 14.5. The summed E-state index contributed by atoms with van der Waals surface area (Å²) < 4.78 is 5.30. The summed E-state index contributed by atoms with van der Waals surface area (Å²) in [5, 5.41) is 4.26. The second-order valence-electron chi connectivity index (χ2n) is 7.18. The fraction of sp³-hybridized carbons (Fsp3) is 0.333. The zero-order chi connectivity index (χ0) is 21.3. The number of nitrogens with zero attached hydrogens (tertiary/aromatic N) is 3. The van der Waals surface area contributed by atoms with Crippen molar-refractivity contribution >= 4 is 17.7 Å². The number of imide groups is 1. The number of fused-ring (bicyclic) bond motifs is 1. The van der Waals surface area contributed by atoms with Crippen LogP contribution in [-0.4, -0.2) is 59.5 Å². The molecule has 0 aliphatic carbocycles. The number of nitrogens with one attached hydrogen (secondary N) is 1. The van der Waals surface area contributed by atoms with Gasteiger partial charge in [0, 0.05) is 31.5 Å². The maximum absolute atomic E-state index is 12.7. The van der Waals surface area contributed by atoms with Crippen LogP contribution in [0.25, 0.3) is 0 Å². The molecule has 2 fully saturated rings. The van der Waals surface area contributed by atoms with Crippen molar-refractivity contribution in [1.82, 2.24) is 20.3 Å². The third kappa shape index (κ3) is 3.53. The Morgan fingerprint density at radius 3 is 2.63 bits per heavy atom. The number of hydrogen-bond acceptors (Lipinski definition) is 7. The molecule has 2 aliphatic heterocycles. The highest BCUT2D eigenvalue weighted by molar-refractivity contribution is 6.07. The number of methoxy groups -OCH3 is 1. The standard InChI is InChI=1S/C21H22N4O5/c1-24-20(27)17-18(13-7-9-22-10-8-13)25(30-19(17)21(24)28)12-16(26)23-11-14-5-3-4-6-15(14)29-2/h3-10,17-19H,11-12H2,1-2H3,(H,23,26). The van der Waals surface area contributed by atoms with Crippen molar-refractivity contribution < 1.29 is 24.0 Å². The highest BCUT2D eigenvalue weighted by Crippen LogP contribution is 2.43. The Balaban J connectivity index is 1.50. The van der Waals surface area contributed by atoms with Crippen molar-refractivity contribution in [2.24, 2.45) is 5.92 Å². The SMILES string of the molecule is COc1ccccc1CNC(=O)CN1OC2C(=O)N(C)C(=O)C2C1c1ccncc1. The number of benzene rings is 1. The molecule has 0 spiro atoms. The molecule has 2 aliphatic rings. The molecule has 3 heterocycles. The lowest BCUT2D eigenvalue weighted by Crippen LogP contribution is -2.40. The minimum absolute atomic E-state index is 0.126. The van der Waals surface area contributed by atoms with Crippen LogP contribution in [0, 0.1) is 5.92 Å². The summed E-state index contributed by atoms with van der Waals surface area (Å²) in [7, 11) is 3.02. The van der Waals surface area contributed by atoms with E-state index < -0.39 is 24.0 Å². The van der Waals surface area contributed by atoms with Crippen LogP contribution in [0.15, 0.2) is 48.8 Å².